The van der Waals surface area contributed by atoms with Gasteiger partial charge in [0, 0.05) is 17.3 Å². The number of hydrogen-bond acceptors (Lipinski definition) is 1. The minimum Gasteiger partial charge on any atom is -0.356 e. The van der Waals surface area contributed by atoms with Crippen molar-refractivity contribution in [2.75, 3.05) is 6.54 Å². The predicted molar refractivity (Wildman–Crippen MR) is 59.5 cm³/mol. The quantitative estimate of drug-likeness (QED) is 0.721. The Balaban J connectivity index is 2.27. The molecule has 0 radical (unpaired) electrons. The predicted octanol–water partition coefficient (Wildman–Crippen LogP) is 2.70. The summed E-state index contributed by atoms with van der Waals surface area (Å²) >= 11 is 5.80. The largest absolute Gasteiger partial charge is 0.356 e. The standard InChI is InChI=1S/C11H20ClNO/c1-9(12)5-8-13-10(14)11(2)6-3-4-7-11/h9H,3-8H2,1-2H3,(H,13,14). The Kier molecular flexibility index (Phi) is 4.24. The van der Waals surface area contributed by atoms with Crippen molar-refractivity contribution < 1.29 is 4.79 Å². The number of carbonyl (C=O) groups is 1. The van der Waals surface area contributed by atoms with E-state index in [4.69, 9.17) is 11.6 Å². The smallest absolute Gasteiger partial charge is 0.225 e. The van der Waals surface area contributed by atoms with Crippen molar-refractivity contribution in [3.63, 3.8) is 0 Å². The molecule has 0 aliphatic heterocycles. The van der Waals surface area contributed by atoms with Crippen molar-refractivity contribution in [3.8, 4) is 0 Å². The summed E-state index contributed by atoms with van der Waals surface area (Å²) in [6.45, 7) is 4.73. The topological polar surface area (TPSA) is 29.1 Å². The average molecular weight is 218 g/mol. The Morgan fingerprint density at radius 3 is 2.57 bits per heavy atom. The van der Waals surface area contributed by atoms with Crippen LogP contribution in [0, 0.1) is 5.41 Å². The van der Waals surface area contributed by atoms with Crippen molar-refractivity contribution in [2.45, 2.75) is 51.3 Å². The maximum absolute atomic E-state index is 11.8. The average Bonchev–Trinajstić information content (AvgIpc) is 2.52. The summed E-state index contributed by atoms with van der Waals surface area (Å²) in [7, 11) is 0. The minimum atomic E-state index is -0.102. The van der Waals surface area contributed by atoms with E-state index in [1.54, 1.807) is 0 Å². The first-order valence-corrected chi connectivity index (χ1v) is 5.91. The number of hydrogen-bond donors (Lipinski definition) is 1. The van der Waals surface area contributed by atoms with Crippen LogP contribution in [0.5, 0.6) is 0 Å². The number of amides is 1. The summed E-state index contributed by atoms with van der Waals surface area (Å²) in [6.07, 6.45) is 5.31. The molecule has 1 aliphatic carbocycles. The fourth-order valence-electron chi connectivity index (χ4n) is 1.98. The summed E-state index contributed by atoms with van der Waals surface area (Å²) in [5.41, 5.74) is -0.102. The second kappa shape index (κ2) is 5.01. The normalized spacial score (nSPS) is 21.9. The van der Waals surface area contributed by atoms with Crippen LogP contribution in [0.2, 0.25) is 0 Å². The van der Waals surface area contributed by atoms with Crippen LogP contribution < -0.4 is 5.32 Å². The molecular formula is C11H20ClNO. The first kappa shape index (κ1) is 11.8. The van der Waals surface area contributed by atoms with Crippen molar-refractivity contribution in [3.05, 3.63) is 0 Å². The van der Waals surface area contributed by atoms with Gasteiger partial charge in [-0.3, -0.25) is 4.79 Å². The molecule has 1 atom stereocenters. The number of rotatable bonds is 4. The van der Waals surface area contributed by atoms with Crippen LogP contribution in [0.4, 0.5) is 0 Å². The van der Waals surface area contributed by atoms with Gasteiger partial charge in [-0.1, -0.05) is 19.8 Å². The van der Waals surface area contributed by atoms with Gasteiger partial charge in [0.2, 0.25) is 5.91 Å². The van der Waals surface area contributed by atoms with Crippen molar-refractivity contribution in [1.29, 1.82) is 0 Å². The fourth-order valence-corrected chi connectivity index (χ4v) is 2.09. The van der Waals surface area contributed by atoms with Crippen LogP contribution in [0.1, 0.15) is 46.0 Å². The molecule has 3 heteroatoms. The van der Waals surface area contributed by atoms with Crippen molar-refractivity contribution in [2.24, 2.45) is 5.41 Å². The van der Waals surface area contributed by atoms with E-state index in [1.165, 1.54) is 12.8 Å². The van der Waals surface area contributed by atoms with Crippen LogP contribution in [-0.2, 0) is 4.79 Å². The maximum atomic E-state index is 11.8. The van der Waals surface area contributed by atoms with Crippen molar-refractivity contribution >= 4 is 17.5 Å². The van der Waals surface area contributed by atoms with Gasteiger partial charge in [-0.05, 0) is 26.2 Å². The zero-order valence-electron chi connectivity index (χ0n) is 9.11. The zero-order valence-corrected chi connectivity index (χ0v) is 9.86. The molecule has 0 aromatic heterocycles. The lowest BCUT2D eigenvalue weighted by Crippen LogP contribution is -2.37. The van der Waals surface area contributed by atoms with Gasteiger partial charge in [0.05, 0.1) is 0 Å². The SMILES string of the molecule is CC(Cl)CCNC(=O)C1(C)CCCC1. The Morgan fingerprint density at radius 2 is 2.07 bits per heavy atom. The highest BCUT2D eigenvalue weighted by Gasteiger charge is 2.35. The van der Waals surface area contributed by atoms with Crippen LogP contribution in [-0.4, -0.2) is 17.8 Å². The third kappa shape index (κ3) is 3.16. The summed E-state index contributed by atoms with van der Waals surface area (Å²) in [5.74, 6) is 0.215. The molecular weight excluding hydrogens is 198 g/mol. The first-order chi connectivity index (χ1) is 6.54. The first-order valence-electron chi connectivity index (χ1n) is 5.47. The molecule has 14 heavy (non-hydrogen) atoms. The molecule has 0 bridgehead atoms. The Morgan fingerprint density at radius 1 is 1.50 bits per heavy atom. The number of halogens is 1. The summed E-state index contributed by atoms with van der Waals surface area (Å²) in [5, 5.41) is 3.12. The highest BCUT2D eigenvalue weighted by Crippen LogP contribution is 2.37. The molecule has 1 aliphatic rings. The van der Waals surface area contributed by atoms with E-state index in [0.29, 0.717) is 6.54 Å². The molecule has 0 spiro atoms. The molecule has 1 amide bonds. The second-order valence-corrected chi connectivity index (χ2v) is 5.34. The van der Waals surface area contributed by atoms with Gasteiger partial charge in [0.1, 0.15) is 0 Å². The summed E-state index contributed by atoms with van der Waals surface area (Å²) in [4.78, 5) is 11.8. The van der Waals surface area contributed by atoms with E-state index >= 15 is 0 Å². The molecule has 0 heterocycles. The molecule has 82 valence electrons. The highest BCUT2D eigenvalue weighted by molar-refractivity contribution is 6.20. The number of carbonyl (C=O) groups excluding carboxylic acids is 1. The van der Waals surface area contributed by atoms with Gasteiger partial charge in [-0.15, -0.1) is 11.6 Å². The van der Waals surface area contributed by atoms with Gasteiger partial charge in [-0.2, -0.15) is 0 Å². The van der Waals surface area contributed by atoms with E-state index < -0.39 is 0 Å². The van der Waals surface area contributed by atoms with E-state index in [9.17, 15) is 4.79 Å². The van der Waals surface area contributed by atoms with Gasteiger partial charge in [0.15, 0.2) is 0 Å². The Labute approximate surface area is 91.4 Å². The molecule has 1 saturated carbocycles. The van der Waals surface area contributed by atoms with Gasteiger partial charge >= 0.3 is 0 Å². The monoisotopic (exact) mass is 217 g/mol. The molecule has 2 nitrogen and oxygen atoms in total. The van der Waals surface area contributed by atoms with Crippen molar-refractivity contribution in [1.82, 2.24) is 5.32 Å². The summed E-state index contributed by atoms with van der Waals surface area (Å²) in [6, 6.07) is 0. The fraction of sp³-hybridized carbons (Fsp3) is 0.909. The van der Waals surface area contributed by atoms with Crippen LogP contribution >= 0.6 is 11.6 Å². The van der Waals surface area contributed by atoms with Gasteiger partial charge in [0.25, 0.3) is 0 Å². The lowest BCUT2D eigenvalue weighted by atomic mass is 9.88. The third-order valence-corrected chi connectivity index (χ3v) is 3.30. The lowest BCUT2D eigenvalue weighted by Gasteiger charge is -2.22. The van der Waals surface area contributed by atoms with Crippen LogP contribution in [0.15, 0.2) is 0 Å². The van der Waals surface area contributed by atoms with Gasteiger partial charge in [-0.25, -0.2) is 0 Å². The molecule has 0 saturated heterocycles. The van der Waals surface area contributed by atoms with Crippen LogP contribution in [0.3, 0.4) is 0 Å². The molecule has 1 fully saturated rings. The van der Waals surface area contributed by atoms with E-state index in [0.717, 1.165) is 19.3 Å². The number of alkyl halides is 1. The van der Waals surface area contributed by atoms with E-state index in [-0.39, 0.29) is 16.7 Å². The highest BCUT2D eigenvalue weighted by atomic mass is 35.5. The molecule has 1 N–H and O–H groups in total. The second-order valence-electron chi connectivity index (χ2n) is 4.59. The molecule has 0 aromatic rings. The molecule has 0 aromatic carbocycles. The maximum Gasteiger partial charge on any atom is 0.225 e. The van der Waals surface area contributed by atoms with E-state index in [1.807, 2.05) is 6.92 Å². The molecule has 1 unspecified atom stereocenters. The zero-order chi connectivity index (χ0) is 10.6. The summed E-state index contributed by atoms with van der Waals surface area (Å²) < 4.78 is 0. The van der Waals surface area contributed by atoms with E-state index in [2.05, 4.69) is 12.2 Å². The number of nitrogens with one attached hydrogen (secondary N) is 1. The third-order valence-electron chi connectivity index (χ3n) is 3.08. The van der Waals surface area contributed by atoms with Crippen LogP contribution in [0.25, 0.3) is 0 Å². The Hall–Kier alpha value is -0.240. The lowest BCUT2D eigenvalue weighted by molar-refractivity contribution is -0.129. The Bertz CT molecular complexity index is 197. The molecule has 1 rings (SSSR count). The minimum absolute atomic E-state index is 0.102. The van der Waals surface area contributed by atoms with Gasteiger partial charge < -0.3 is 5.32 Å².